The van der Waals surface area contributed by atoms with Crippen LogP contribution in [-0.2, 0) is 6.54 Å². The number of aliphatic hydroxyl groups is 1. The fraction of sp³-hybridized carbons (Fsp3) is 0.533. The van der Waals surface area contributed by atoms with Crippen molar-refractivity contribution in [3.63, 3.8) is 0 Å². The van der Waals surface area contributed by atoms with Crippen LogP contribution >= 0.6 is 0 Å². The molecule has 0 radical (unpaired) electrons. The van der Waals surface area contributed by atoms with Crippen LogP contribution in [0, 0.1) is 12.3 Å². The molecule has 0 fully saturated rings. The Hall–Kier alpha value is -1.55. The van der Waals surface area contributed by atoms with Crippen molar-refractivity contribution < 1.29 is 5.11 Å². The molecule has 0 saturated heterocycles. The Morgan fingerprint density at radius 2 is 2.11 bits per heavy atom. The number of imidazole rings is 1. The highest BCUT2D eigenvalue weighted by molar-refractivity contribution is 5.79. The first-order valence-corrected chi connectivity index (χ1v) is 6.76. The van der Waals surface area contributed by atoms with Crippen molar-refractivity contribution in [1.29, 1.82) is 0 Å². The third-order valence-electron chi connectivity index (χ3n) is 3.56. The first kappa shape index (κ1) is 13.9. The number of aryl methyl sites for hydroxylation is 1. The summed E-state index contributed by atoms with van der Waals surface area (Å²) < 4.78 is 2.24. The minimum atomic E-state index is 0.141. The molecule has 0 bridgehead atoms. The van der Waals surface area contributed by atoms with Gasteiger partial charge in [0.2, 0.25) is 0 Å². The van der Waals surface area contributed by atoms with Crippen LogP contribution in [0.3, 0.4) is 0 Å². The lowest BCUT2D eigenvalue weighted by Crippen LogP contribution is -2.21. The minimum Gasteiger partial charge on any atom is -0.399 e. The maximum atomic E-state index is 8.98. The summed E-state index contributed by atoms with van der Waals surface area (Å²) in [5, 5.41) is 8.98. The zero-order chi connectivity index (χ0) is 14.0. The molecule has 1 aromatic heterocycles. The molecule has 19 heavy (non-hydrogen) atoms. The summed E-state index contributed by atoms with van der Waals surface area (Å²) in [5.41, 5.74) is 8.77. The molecule has 1 heterocycles. The predicted octanol–water partition coefficient (Wildman–Crippen LogP) is 2.73. The van der Waals surface area contributed by atoms with Crippen molar-refractivity contribution in [1.82, 2.24) is 9.55 Å². The lowest BCUT2D eigenvalue weighted by molar-refractivity contribution is 0.223. The third kappa shape index (κ3) is 3.07. The number of nitrogens with two attached hydrogens (primary N) is 1. The quantitative estimate of drug-likeness (QED) is 0.813. The van der Waals surface area contributed by atoms with Gasteiger partial charge in [-0.3, -0.25) is 0 Å². The number of rotatable bonds is 5. The molecular formula is C15H23N3O. The molecule has 0 atom stereocenters. The highest BCUT2D eigenvalue weighted by Gasteiger charge is 2.20. The molecule has 104 valence electrons. The van der Waals surface area contributed by atoms with Crippen molar-refractivity contribution in [2.45, 2.75) is 40.2 Å². The fourth-order valence-electron chi connectivity index (χ4n) is 2.53. The van der Waals surface area contributed by atoms with Crippen LogP contribution in [0.5, 0.6) is 0 Å². The van der Waals surface area contributed by atoms with E-state index in [4.69, 9.17) is 10.8 Å². The monoisotopic (exact) mass is 261 g/mol. The zero-order valence-electron chi connectivity index (χ0n) is 12.0. The van der Waals surface area contributed by atoms with Gasteiger partial charge in [0, 0.05) is 18.8 Å². The number of nitrogen functional groups attached to an aromatic ring is 1. The standard InChI is InChI=1S/C15H23N3O/c1-11-17-13-9-12(16)5-6-14(13)18(11)10-15(2,3)7-4-8-19/h5-6,9,19H,4,7-8,10,16H2,1-3H3. The summed E-state index contributed by atoms with van der Waals surface area (Å²) in [6.45, 7) is 7.64. The topological polar surface area (TPSA) is 64.1 Å². The van der Waals surface area contributed by atoms with Gasteiger partial charge in [-0.05, 0) is 43.4 Å². The summed E-state index contributed by atoms with van der Waals surface area (Å²) in [4.78, 5) is 4.57. The maximum absolute atomic E-state index is 8.98. The molecule has 4 heteroatoms. The Labute approximate surface area is 114 Å². The highest BCUT2D eigenvalue weighted by atomic mass is 16.2. The Morgan fingerprint density at radius 1 is 1.37 bits per heavy atom. The van der Waals surface area contributed by atoms with Crippen LogP contribution in [0.2, 0.25) is 0 Å². The van der Waals surface area contributed by atoms with E-state index >= 15 is 0 Å². The summed E-state index contributed by atoms with van der Waals surface area (Å²) in [5.74, 6) is 1.01. The number of hydrogen-bond acceptors (Lipinski definition) is 3. The van der Waals surface area contributed by atoms with Gasteiger partial charge in [-0.15, -0.1) is 0 Å². The normalized spacial score (nSPS) is 12.2. The van der Waals surface area contributed by atoms with Gasteiger partial charge in [-0.2, -0.15) is 0 Å². The van der Waals surface area contributed by atoms with Crippen LogP contribution < -0.4 is 5.73 Å². The average molecular weight is 261 g/mol. The smallest absolute Gasteiger partial charge is 0.106 e. The van der Waals surface area contributed by atoms with Crippen LogP contribution in [0.25, 0.3) is 11.0 Å². The van der Waals surface area contributed by atoms with Gasteiger partial charge in [0.1, 0.15) is 5.82 Å². The van der Waals surface area contributed by atoms with E-state index in [9.17, 15) is 0 Å². The number of aromatic nitrogens is 2. The summed E-state index contributed by atoms with van der Waals surface area (Å²) in [6.07, 6.45) is 1.84. The van der Waals surface area contributed by atoms with E-state index in [0.717, 1.165) is 41.9 Å². The second kappa shape index (κ2) is 5.21. The van der Waals surface area contributed by atoms with Gasteiger partial charge in [-0.1, -0.05) is 13.8 Å². The van der Waals surface area contributed by atoms with E-state index in [1.54, 1.807) is 0 Å². The minimum absolute atomic E-state index is 0.141. The van der Waals surface area contributed by atoms with Crippen LogP contribution in [0.4, 0.5) is 5.69 Å². The zero-order valence-corrected chi connectivity index (χ0v) is 12.0. The number of anilines is 1. The second-order valence-electron chi connectivity index (χ2n) is 5.98. The molecule has 1 aromatic carbocycles. The Kier molecular flexibility index (Phi) is 3.80. The van der Waals surface area contributed by atoms with Crippen LogP contribution in [-0.4, -0.2) is 21.3 Å². The van der Waals surface area contributed by atoms with Gasteiger partial charge < -0.3 is 15.4 Å². The lowest BCUT2D eigenvalue weighted by atomic mass is 9.87. The van der Waals surface area contributed by atoms with E-state index in [2.05, 4.69) is 23.4 Å². The van der Waals surface area contributed by atoms with Gasteiger partial charge in [0.15, 0.2) is 0 Å². The van der Waals surface area contributed by atoms with E-state index in [1.807, 2.05) is 25.1 Å². The van der Waals surface area contributed by atoms with Gasteiger partial charge in [0.25, 0.3) is 0 Å². The van der Waals surface area contributed by atoms with E-state index in [1.165, 1.54) is 0 Å². The Balaban J connectivity index is 2.32. The summed E-state index contributed by atoms with van der Waals surface area (Å²) >= 11 is 0. The fourth-order valence-corrected chi connectivity index (χ4v) is 2.53. The van der Waals surface area contributed by atoms with Crippen molar-refractivity contribution in [3.05, 3.63) is 24.0 Å². The maximum Gasteiger partial charge on any atom is 0.106 e. The molecule has 0 saturated carbocycles. The second-order valence-corrected chi connectivity index (χ2v) is 5.98. The van der Waals surface area contributed by atoms with E-state index in [0.29, 0.717) is 0 Å². The molecule has 4 nitrogen and oxygen atoms in total. The molecule has 2 aromatic rings. The lowest BCUT2D eigenvalue weighted by Gasteiger charge is -2.26. The Morgan fingerprint density at radius 3 is 2.79 bits per heavy atom. The number of hydrogen-bond donors (Lipinski definition) is 2. The molecule has 0 unspecified atom stereocenters. The first-order valence-electron chi connectivity index (χ1n) is 6.76. The molecule has 0 amide bonds. The molecule has 0 aliphatic carbocycles. The van der Waals surface area contributed by atoms with E-state index < -0.39 is 0 Å². The van der Waals surface area contributed by atoms with Gasteiger partial charge in [0.05, 0.1) is 11.0 Å². The molecular weight excluding hydrogens is 238 g/mol. The van der Waals surface area contributed by atoms with Crippen LogP contribution in [0.1, 0.15) is 32.5 Å². The molecule has 0 spiro atoms. The van der Waals surface area contributed by atoms with Crippen molar-refractivity contribution in [2.75, 3.05) is 12.3 Å². The SMILES string of the molecule is Cc1nc2cc(N)ccc2n1CC(C)(C)CCCO. The summed E-state index contributed by atoms with van der Waals surface area (Å²) in [6, 6.07) is 5.87. The van der Waals surface area contributed by atoms with Crippen molar-refractivity contribution in [3.8, 4) is 0 Å². The average Bonchev–Trinajstić information content (AvgIpc) is 2.62. The number of benzene rings is 1. The van der Waals surface area contributed by atoms with Gasteiger partial charge in [-0.25, -0.2) is 4.98 Å². The molecule has 0 aliphatic heterocycles. The molecule has 0 aliphatic rings. The molecule has 3 N–H and O–H groups in total. The van der Waals surface area contributed by atoms with Crippen molar-refractivity contribution >= 4 is 16.7 Å². The van der Waals surface area contributed by atoms with Gasteiger partial charge >= 0.3 is 0 Å². The number of nitrogens with zero attached hydrogens (tertiary/aromatic N) is 2. The van der Waals surface area contributed by atoms with E-state index in [-0.39, 0.29) is 12.0 Å². The first-order chi connectivity index (χ1) is 8.93. The number of fused-ring (bicyclic) bond motifs is 1. The predicted molar refractivity (Wildman–Crippen MR) is 79.0 cm³/mol. The number of aliphatic hydroxyl groups excluding tert-OH is 1. The van der Waals surface area contributed by atoms with Crippen LogP contribution in [0.15, 0.2) is 18.2 Å². The Bertz CT molecular complexity index is 572. The van der Waals surface area contributed by atoms with Crippen molar-refractivity contribution in [2.24, 2.45) is 5.41 Å². The largest absolute Gasteiger partial charge is 0.399 e. The molecule has 2 rings (SSSR count). The third-order valence-corrected chi connectivity index (χ3v) is 3.56. The highest BCUT2D eigenvalue weighted by Crippen LogP contribution is 2.28. The summed E-state index contributed by atoms with van der Waals surface area (Å²) in [7, 11) is 0.